The molecule has 0 saturated heterocycles. The highest BCUT2D eigenvalue weighted by molar-refractivity contribution is 7.71. The number of hydrogen-bond donors (Lipinski definition) is 3. The molecule has 0 aliphatic carbocycles. The fraction of sp³-hybridized carbons (Fsp3) is 0.143. The van der Waals surface area contributed by atoms with E-state index in [1.807, 2.05) is 6.92 Å². The van der Waals surface area contributed by atoms with E-state index >= 15 is 0 Å². The van der Waals surface area contributed by atoms with Crippen LogP contribution in [0, 0.1) is 11.7 Å². The zero-order valence-electron chi connectivity index (χ0n) is 6.39. The van der Waals surface area contributed by atoms with Crippen molar-refractivity contribution in [1.82, 2.24) is 15.0 Å². The molecule has 0 radical (unpaired) electrons. The van der Waals surface area contributed by atoms with Crippen molar-refractivity contribution in [3.63, 3.8) is 0 Å². The van der Waals surface area contributed by atoms with Gasteiger partial charge in [-0.25, -0.2) is 0 Å². The third-order valence-electron chi connectivity index (χ3n) is 1.77. The first-order chi connectivity index (χ1) is 5.68. The van der Waals surface area contributed by atoms with Crippen LogP contribution < -0.4 is 5.56 Å². The van der Waals surface area contributed by atoms with Gasteiger partial charge in [0.1, 0.15) is 5.65 Å². The van der Waals surface area contributed by atoms with Crippen LogP contribution in [0.25, 0.3) is 11.0 Å². The highest BCUT2D eigenvalue weighted by Gasteiger charge is 2.02. The van der Waals surface area contributed by atoms with Crippen LogP contribution in [-0.2, 0) is 0 Å². The van der Waals surface area contributed by atoms with Crippen molar-refractivity contribution in [3.8, 4) is 0 Å². The molecule has 0 aliphatic heterocycles. The molecular formula is C7H7N3OS. The number of aryl methyl sites for hydroxylation is 1. The third kappa shape index (κ3) is 0.902. The van der Waals surface area contributed by atoms with Gasteiger partial charge < -0.3 is 9.97 Å². The van der Waals surface area contributed by atoms with Gasteiger partial charge in [-0.1, -0.05) is 0 Å². The number of fused-ring (bicyclic) bond motifs is 1. The van der Waals surface area contributed by atoms with E-state index in [4.69, 9.17) is 12.2 Å². The van der Waals surface area contributed by atoms with Crippen LogP contribution in [0.3, 0.4) is 0 Å². The molecule has 0 unspecified atom stereocenters. The smallest absolute Gasteiger partial charge is 0.261 e. The van der Waals surface area contributed by atoms with E-state index in [2.05, 4.69) is 15.0 Å². The predicted molar refractivity (Wildman–Crippen MR) is 48.8 cm³/mol. The maximum Gasteiger partial charge on any atom is 0.261 e. The van der Waals surface area contributed by atoms with E-state index < -0.39 is 0 Å². The molecule has 2 rings (SSSR count). The summed E-state index contributed by atoms with van der Waals surface area (Å²) in [6, 6.07) is 0. The Balaban J connectivity index is 3.13. The summed E-state index contributed by atoms with van der Waals surface area (Å²) >= 11 is 4.81. The standard InChI is InChI=1S/C7H7N3OS/c1-3-2-8-5-4(3)6(11)10-7(12)9-5/h2H,1H3,(H3,8,9,10,11,12). The Morgan fingerprint density at radius 1 is 1.42 bits per heavy atom. The van der Waals surface area contributed by atoms with Crippen molar-refractivity contribution in [3.05, 3.63) is 26.9 Å². The Morgan fingerprint density at radius 3 is 2.92 bits per heavy atom. The first-order valence-corrected chi connectivity index (χ1v) is 3.89. The number of aromatic amines is 3. The quantitative estimate of drug-likeness (QED) is 0.535. The van der Waals surface area contributed by atoms with Gasteiger partial charge in [0.15, 0.2) is 4.77 Å². The Hall–Kier alpha value is -1.36. The average molecular weight is 181 g/mol. The second kappa shape index (κ2) is 2.31. The molecule has 62 valence electrons. The molecule has 2 aromatic rings. The molecule has 12 heavy (non-hydrogen) atoms. The van der Waals surface area contributed by atoms with Crippen molar-refractivity contribution in [1.29, 1.82) is 0 Å². The van der Waals surface area contributed by atoms with E-state index in [9.17, 15) is 4.79 Å². The summed E-state index contributed by atoms with van der Waals surface area (Å²) in [4.78, 5) is 19.6. The van der Waals surface area contributed by atoms with E-state index in [0.717, 1.165) is 5.56 Å². The van der Waals surface area contributed by atoms with Crippen molar-refractivity contribution in [2.75, 3.05) is 0 Å². The van der Waals surface area contributed by atoms with Crippen LogP contribution in [0.2, 0.25) is 0 Å². The van der Waals surface area contributed by atoms with Gasteiger partial charge in [-0.3, -0.25) is 9.78 Å². The average Bonchev–Trinajstić information content (AvgIpc) is 2.31. The molecule has 2 aromatic heterocycles. The van der Waals surface area contributed by atoms with Gasteiger partial charge in [0, 0.05) is 6.20 Å². The van der Waals surface area contributed by atoms with E-state index in [0.29, 0.717) is 15.8 Å². The normalized spacial score (nSPS) is 10.8. The SMILES string of the molecule is Cc1c[nH]c2[nH]c(=S)[nH]c(=O)c12. The lowest BCUT2D eigenvalue weighted by atomic mass is 10.3. The Kier molecular flexibility index (Phi) is 1.41. The highest BCUT2D eigenvalue weighted by atomic mass is 32.1. The topological polar surface area (TPSA) is 64.4 Å². The number of nitrogens with one attached hydrogen (secondary N) is 3. The van der Waals surface area contributed by atoms with Gasteiger partial charge in [-0.2, -0.15) is 0 Å². The van der Waals surface area contributed by atoms with E-state index in [1.54, 1.807) is 6.20 Å². The first-order valence-electron chi connectivity index (χ1n) is 3.49. The molecule has 0 amide bonds. The third-order valence-corrected chi connectivity index (χ3v) is 1.97. The lowest BCUT2D eigenvalue weighted by molar-refractivity contribution is 1.13. The number of H-pyrrole nitrogens is 3. The zero-order valence-corrected chi connectivity index (χ0v) is 7.21. The molecule has 0 bridgehead atoms. The van der Waals surface area contributed by atoms with Crippen LogP contribution >= 0.6 is 12.2 Å². The maximum atomic E-state index is 11.3. The molecule has 0 aromatic carbocycles. The van der Waals surface area contributed by atoms with Gasteiger partial charge in [-0.15, -0.1) is 0 Å². The molecule has 0 spiro atoms. The summed E-state index contributed by atoms with van der Waals surface area (Å²) in [7, 11) is 0. The summed E-state index contributed by atoms with van der Waals surface area (Å²) in [5.41, 5.74) is 1.45. The van der Waals surface area contributed by atoms with Crippen LogP contribution in [0.1, 0.15) is 5.56 Å². The van der Waals surface area contributed by atoms with Gasteiger partial charge in [-0.05, 0) is 24.7 Å². The zero-order chi connectivity index (χ0) is 8.72. The maximum absolute atomic E-state index is 11.3. The fourth-order valence-corrected chi connectivity index (χ4v) is 1.42. The number of rotatable bonds is 0. The van der Waals surface area contributed by atoms with Crippen molar-refractivity contribution >= 4 is 23.3 Å². The molecule has 2 heterocycles. The van der Waals surface area contributed by atoms with E-state index in [-0.39, 0.29) is 5.56 Å². The molecule has 3 N–H and O–H groups in total. The number of hydrogen-bond acceptors (Lipinski definition) is 2. The Bertz CT molecular complexity index is 533. The Morgan fingerprint density at radius 2 is 2.17 bits per heavy atom. The summed E-state index contributed by atoms with van der Waals surface area (Å²) in [6.07, 6.45) is 1.77. The molecule has 0 atom stereocenters. The lowest BCUT2D eigenvalue weighted by Crippen LogP contribution is -2.07. The minimum Gasteiger partial charge on any atom is -0.347 e. The summed E-state index contributed by atoms with van der Waals surface area (Å²) in [6.45, 7) is 1.87. The fourth-order valence-electron chi connectivity index (χ4n) is 1.22. The van der Waals surface area contributed by atoms with Crippen LogP contribution in [0.15, 0.2) is 11.0 Å². The lowest BCUT2D eigenvalue weighted by Gasteiger charge is -1.89. The summed E-state index contributed by atoms with van der Waals surface area (Å²) < 4.78 is 0.342. The van der Waals surface area contributed by atoms with Crippen LogP contribution in [0.4, 0.5) is 0 Å². The van der Waals surface area contributed by atoms with Gasteiger partial charge in [0.05, 0.1) is 5.39 Å². The molecule has 0 aliphatic rings. The van der Waals surface area contributed by atoms with Gasteiger partial charge in [0.25, 0.3) is 5.56 Å². The van der Waals surface area contributed by atoms with Crippen LogP contribution in [0.5, 0.6) is 0 Å². The van der Waals surface area contributed by atoms with Crippen molar-refractivity contribution in [2.24, 2.45) is 0 Å². The monoisotopic (exact) mass is 181 g/mol. The largest absolute Gasteiger partial charge is 0.347 e. The second-order valence-corrected chi connectivity index (χ2v) is 3.04. The van der Waals surface area contributed by atoms with E-state index in [1.165, 1.54) is 0 Å². The summed E-state index contributed by atoms with van der Waals surface area (Å²) in [5.74, 6) is 0. The molecule has 5 heteroatoms. The minimum absolute atomic E-state index is 0.146. The molecule has 4 nitrogen and oxygen atoms in total. The highest BCUT2D eigenvalue weighted by Crippen LogP contribution is 2.08. The number of aromatic nitrogens is 3. The molecule has 0 fully saturated rings. The van der Waals surface area contributed by atoms with Crippen molar-refractivity contribution in [2.45, 2.75) is 6.92 Å². The van der Waals surface area contributed by atoms with Crippen LogP contribution in [-0.4, -0.2) is 15.0 Å². The summed E-state index contributed by atoms with van der Waals surface area (Å²) in [5, 5.41) is 0.642. The molecule has 0 saturated carbocycles. The minimum atomic E-state index is -0.146. The second-order valence-electron chi connectivity index (χ2n) is 2.63. The predicted octanol–water partition coefficient (Wildman–Crippen LogP) is 1.22. The van der Waals surface area contributed by atoms with Crippen molar-refractivity contribution < 1.29 is 0 Å². The van der Waals surface area contributed by atoms with Gasteiger partial charge in [0.2, 0.25) is 0 Å². The molecular weight excluding hydrogens is 174 g/mol. The first kappa shape index (κ1) is 7.30. The van der Waals surface area contributed by atoms with Gasteiger partial charge >= 0.3 is 0 Å². The Labute approximate surface area is 72.6 Å².